The first-order chi connectivity index (χ1) is 17.1. The van der Waals surface area contributed by atoms with E-state index in [1.54, 1.807) is 18.2 Å². The number of hydrogen-bond acceptors (Lipinski definition) is 12. The summed E-state index contributed by atoms with van der Waals surface area (Å²) in [5, 5.41) is 30.1. The minimum absolute atomic E-state index is 0.185. The Morgan fingerprint density at radius 1 is 0.944 bits per heavy atom. The van der Waals surface area contributed by atoms with Crippen molar-refractivity contribution >= 4 is 11.6 Å². The molecule has 0 N–H and O–H groups in total. The first kappa shape index (κ1) is 27.3. The van der Waals surface area contributed by atoms with E-state index in [4.69, 9.17) is 9.47 Å². The third kappa shape index (κ3) is 7.27. The van der Waals surface area contributed by atoms with E-state index >= 15 is 0 Å². The first-order valence-electron chi connectivity index (χ1n) is 10.0. The standard InChI is InChI=1S/C19H21N5O12/c1-33-16-4-3-13(9-17(16)34-2)11-21-12-14(22(27)28)10-15(19(21)26)18(25)20(5-7-35-23(29)30)6-8-36-24(31)32/h3-4,9-10,12H,5-8,11H2,1-2H3. The number of nitrogens with zero attached hydrogens (tertiary/aromatic N) is 5. The maximum absolute atomic E-state index is 13.1. The van der Waals surface area contributed by atoms with E-state index in [1.165, 1.54) is 14.2 Å². The van der Waals surface area contributed by atoms with Gasteiger partial charge >= 0.3 is 0 Å². The molecule has 17 heteroatoms. The van der Waals surface area contributed by atoms with Gasteiger partial charge in [-0.2, -0.15) is 0 Å². The molecule has 0 spiro atoms. The maximum Gasteiger partial charge on any atom is 0.294 e. The molecule has 0 atom stereocenters. The van der Waals surface area contributed by atoms with Crippen molar-refractivity contribution in [3.05, 3.63) is 82.3 Å². The Bertz CT molecular complexity index is 1180. The number of nitro groups is 1. The van der Waals surface area contributed by atoms with Crippen molar-refractivity contribution in [3.8, 4) is 11.5 Å². The largest absolute Gasteiger partial charge is 0.493 e. The lowest BCUT2D eigenvalue weighted by Gasteiger charge is -2.22. The quantitative estimate of drug-likeness (QED) is 0.253. The predicted molar refractivity (Wildman–Crippen MR) is 118 cm³/mol. The zero-order valence-electron chi connectivity index (χ0n) is 19.1. The zero-order valence-corrected chi connectivity index (χ0v) is 19.1. The van der Waals surface area contributed by atoms with E-state index in [-0.39, 0.29) is 6.54 Å². The topological polar surface area (TPSA) is 209 Å². The molecule has 0 fully saturated rings. The molecule has 1 aromatic carbocycles. The third-order valence-electron chi connectivity index (χ3n) is 4.72. The summed E-state index contributed by atoms with van der Waals surface area (Å²) in [6, 6.07) is 5.45. The molecule has 17 nitrogen and oxygen atoms in total. The van der Waals surface area contributed by atoms with Gasteiger partial charge in [0.15, 0.2) is 11.5 Å². The van der Waals surface area contributed by atoms with E-state index in [0.29, 0.717) is 17.1 Å². The van der Waals surface area contributed by atoms with Gasteiger partial charge in [0.1, 0.15) is 18.8 Å². The Hall–Kier alpha value is -4.96. The van der Waals surface area contributed by atoms with Crippen molar-refractivity contribution in [1.29, 1.82) is 0 Å². The van der Waals surface area contributed by atoms with Crippen molar-refractivity contribution in [1.82, 2.24) is 9.47 Å². The van der Waals surface area contributed by atoms with Gasteiger partial charge in [-0.1, -0.05) is 6.07 Å². The molecule has 0 aliphatic rings. The Kier molecular flexibility index (Phi) is 9.47. The van der Waals surface area contributed by atoms with Crippen LogP contribution in [0.4, 0.5) is 5.69 Å². The molecule has 2 aromatic rings. The summed E-state index contributed by atoms with van der Waals surface area (Å²) in [6.45, 7) is -2.34. The van der Waals surface area contributed by atoms with Gasteiger partial charge < -0.3 is 28.6 Å². The Morgan fingerprint density at radius 3 is 2.03 bits per heavy atom. The summed E-state index contributed by atoms with van der Waals surface area (Å²) < 4.78 is 11.3. The van der Waals surface area contributed by atoms with Crippen LogP contribution in [0.5, 0.6) is 11.5 Å². The van der Waals surface area contributed by atoms with Crippen LogP contribution in [-0.2, 0) is 16.2 Å². The normalized spacial score (nSPS) is 10.3. The molecule has 0 saturated heterocycles. The smallest absolute Gasteiger partial charge is 0.294 e. The summed E-state index contributed by atoms with van der Waals surface area (Å²) >= 11 is 0. The third-order valence-corrected chi connectivity index (χ3v) is 4.72. The van der Waals surface area contributed by atoms with Crippen LogP contribution in [0.15, 0.2) is 35.3 Å². The number of ether oxygens (including phenoxy) is 2. The van der Waals surface area contributed by atoms with E-state index < -0.39 is 64.1 Å². The van der Waals surface area contributed by atoms with E-state index in [2.05, 4.69) is 9.68 Å². The monoisotopic (exact) mass is 511 g/mol. The van der Waals surface area contributed by atoms with Gasteiger partial charge in [-0.3, -0.25) is 19.7 Å². The average Bonchev–Trinajstić information content (AvgIpc) is 2.83. The Morgan fingerprint density at radius 2 is 1.53 bits per heavy atom. The van der Waals surface area contributed by atoms with Crippen molar-refractivity contribution < 1.29 is 39.0 Å². The van der Waals surface area contributed by atoms with Gasteiger partial charge in [-0.05, 0) is 17.7 Å². The van der Waals surface area contributed by atoms with Gasteiger partial charge in [-0.25, -0.2) is 0 Å². The molecule has 194 valence electrons. The van der Waals surface area contributed by atoms with E-state index in [1.807, 2.05) is 0 Å². The average molecular weight is 511 g/mol. The van der Waals surface area contributed by atoms with Gasteiger partial charge in [0, 0.05) is 19.2 Å². The van der Waals surface area contributed by atoms with Crippen LogP contribution in [0.25, 0.3) is 0 Å². The van der Waals surface area contributed by atoms with Crippen LogP contribution in [0.2, 0.25) is 0 Å². The summed E-state index contributed by atoms with van der Waals surface area (Å²) in [7, 11) is 2.83. The van der Waals surface area contributed by atoms with Crippen molar-refractivity contribution in [2.45, 2.75) is 6.54 Å². The number of carbonyl (C=O) groups is 1. The number of carbonyl (C=O) groups excluding carboxylic acids is 1. The van der Waals surface area contributed by atoms with Crippen LogP contribution >= 0.6 is 0 Å². The van der Waals surface area contributed by atoms with Gasteiger partial charge in [0.25, 0.3) is 27.3 Å². The summed E-state index contributed by atoms with van der Waals surface area (Å²) in [5.74, 6) is -0.316. The highest BCUT2D eigenvalue weighted by Crippen LogP contribution is 2.28. The van der Waals surface area contributed by atoms with Crippen molar-refractivity contribution in [2.24, 2.45) is 0 Å². The number of pyridine rings is 1. The number of methoxy groups -OCH3 is 2. The van der Waals surface area contributed by atoms with Gasteiger partial charge in [0.05, 0.1) is 31.9 Å². The summed E-state index contributed by atoms with van der Waals surface area (Å²) in [4.78, 5) is 66.8. The SMILES string of the molecule is COc1ccc(Cn2cc([N+](=O)[O-])cc(C(=O)N(CCO[N+](=O)[O-])CCO[N+](=O)[O-])c2=O)cc1OC. The number of aromatic nitrogens is 1. The molecule has 0 aliphatic heterocycles. The first-order valence-corrected chi connectivity index (χ1v) is 10.0. The second-order valence-corrected chi connectivity index (χ2v) is 6.90. The van der Waals surface area contributed by atoms with Crippen LogP contribution in [0, 0.1) is 30.3 Å². The predicted octanol–water partition coefficient (Wildman–Crippen LogP) is 0.681. The summed E-state index contributed by atoms with van der Waals surface area (Å²) in [6.07, 6.45) is 0.950. The minimum Gasteiger partial charge on any atom is -0.493 e. The molecule has 2 rings (SSSR count). The molecule has 1 amide bonds. The van der Waals surface area contributed by atoms with Crippen LogP contribution in [0.3, 0.4) is 0 Å². The van der Waals surface area contributed by atoms with Gasteiger partial charge in [-0.15, -0.1) is 20.2 Å². The summed E-state index contributed by atoms with van der Waals surface area (Å²) in [5.41, 5.74) is -1.63. The van der Waals surface area contributed by atoms with Crippen molar-refractivity contribution in [2.75, 3.05) is 40.5 Å². The number of amides is 1. The highest BCUT2D eigenvalue weighted by Gasteiger charge is 2.24. The van der Waals surface area contributed by atoms with E-state index in [0.717, 1.165) is 21.7 Å². The van der Waals surface area contributed by atoms with Crippen LogP contribution < -0.4 is 15.0 Å². The van der Waals surface area contributed by atoms with E-state index in [9.17, 15) is 39.9 Å². The molecular weight excluding hydrogens is 490 g/mol. The molecule has 0 saturated carbocycles. The Balaban J connectivity index is 2.45. The molecule has 0 aliphatic carbocycles. The second kappa shape index (κ2) is 12.5. The molecule has 0 bridgehead atoms. The minimum atomic E-state index is -1.11. The number of rotatable bonds is 14. The molecule has 1 heterocycles. The van der Waals surface area contributed by atoms with Gasteiger partial charge in [0.2, 0.25) is 0 Å². The Labute approximate surface area is 201 Å². The molecule has 0 radical (unpaired) electrons. The fourth-order valence-corrected chi connectivity index (χ4v) is 3.10. The highest BCUT2D eigenvalue weighted by atomic mass is 17.0. The lowest BCUT2D eigenvalue weighted by atomic mass is 10.1. The maximum atomic E-state index is 13.1. The van der Waals surface area contributed by atoms with Crippen LogP contribution in [0.1, 0.15) is 15.9 Å². The molecule has 1 aromatic heterocycles. The fourth-order valence-electron chi connectivity index (χ4n) is 3.10. The highest BCUT2D eigenvalue weighted by molar-refractivity contribution is 5.94. The second-order valence-electron chi connectivity index (χ2n) is 6.90. The van der Waals surface area contributed by atoms with Crippen molar-refractivity contribution in [3.63, 3.8) is 0 Å². The fraction of sp³-hybridized carbons (Fsp3) is 0.368. The molecular formula is C19H21N5O12. The zero-order chi connectivity index (χ0) is 26.8. The molecule has 0 unspecified atom stereocenters. The van der Waals surface area contributed by atoms with Crippen LogP contribution in [-0.4, -0.2) is 71.0 Å². The lowest BCUT2D eigenvalue weighted by Crippen LogP contribution is -2.41. The number of benzene rings is 1. The lowest BCUT2D eigenvalue weighted by molar-refractivity contribution is -0.758. The number of hydrogen-bond donors (Lipinski definition) is 0. The molecule has 36 heavy (non-hydrogen) atoms.